The lowest BCUT2D eigenvalue weighted by atomic mass is 10.1. The lowest BCUT2D eigenvalue weighted by Gasteiger charge is -2.03. The fraction of sp³-hybridized carbons (Fsp3) is 0.333. The fourth-order valence-electron chi connectivity index (χ4n) is 1.12. The molecule has 0 amide bonds. The van der Waals surface area contributed by atoms with Crippen LogP contribution in [0.5, 0.6) is 0 Å². The topological polar surface area (TPSA) is 54.4 Å². The molecule has 1 atom stereocenters. The van der Waals surface area contributed by atoms with Gasteiger partial charge in [-0.3, -0.25) is 4.55 Å². The Hall–Kier alpha value is -0.390. The smallest absolute Gasteiger partial charge is 0.282 e. The van der Waals surface area contributed by atoms with Gasteiger partial charge in [-0.25, -0.2) is 0 Å². The number of hydrogen-bond donors (Lipinski definition) is 1. The number of benzene rings is 1. The maximum Gasteiger partial charge on any atom is 0.294 e. The van der Waals surface area contributed by atoms with Crippen LogP contribution in [0.3, 0.4) is 0 Å². The Morgan fingerprint density at radius 3 is 2.21 bits per heavy atom. The summed E-state index contributed by atoms with van der Waals surface area (Å²) in [6.07, 6.45) is 0.825. The highest BCUT2D eigenvalue weighted by molar-refractivity contribution is 9.09. The Morgan fingerprint density at radius 1 is 1.36 bits per heavy atom. The van der Waals surface area contributed by atoms with Crippen molar-refractivity contribution in [3.05, 3.63) is 29.8 Å². The van der Waals surface area contributed by atoms with Crippen molar-refractivity contribution in [2.45, 2.75) is 23.1 Å². The maximum absolute atomic E-state index is 10.7. The zero-order valence-electron chi connectivity index (χ0n) is 7.64. The van der Waals surface area contributed by atoms with Gasteiger partial charge in [0.25, 0.3) is 10.1 Å². The summed E-state index contributed by atoms with van der Waals surface area (Å²) in [5, 5.41) is 0. The van der Waals surface area contributed by atoms with E-state index in [0.717, 1.165) is 12.0 Å². The van der Waals surface area contributed by atoms with Gasteiger partial charge < -0.3 is 0 Å². The van der Waals surface area contributed by atoms with Crippen LogP contribution in [0.2, 0.25) is 0 Å². The zero-order valence-corrected chi connectivity index (χ0v) is 10.0. The third-order valence-corrected chi connectivity index (χ3v) is 2.93. The molecular weight excluding hydrogens is 268 g/mol. The molecule has 1 aromatic rings. The highest BCUT2D eigenvalue weighted by Crippen LogP contribution is 2.13. The molecular formula is C9H11BrO3S. The normalized spacial score (nSPS) is 13.9. The minimum absolute atomic E-state index is 0.0662. The van der Waals surface area contributed by atoms with Crippen LogP contribution in [0.4, 0.5) is 0 Å². The Balaban J connectivity index is 2.90. The molecule has 3 nitrogen and oxygen atoms in total. The molecule has 0 bridgehead atoms. The van der Waals surface area contributed by atoms with Crippen LogP contribution in [-0.2, 0) is 16.5 Å². The van der Waals surface area contributed by atoms with E-state index in [0.29, 0.717) is 4.83 Å². The monoisotopic (exact) mass is 278 g/mol. The summed E-state index contributed by atoms with van der Waals surface area (Å²) in [4.78, 5) is 0.280. The third-order valence-electron chi connectivity index (χ3n) is 1.74. The maximum atomic E-state index is 10.7. The zero-order chi connectivity index (χ0) is 10.8. The Kier molecular flexibility index (Phi) is 3.69. The van der Waals surface area contributed by atoms with Gasteiger partial charge in [-0.2, -0.15) is 8.42 Å². The molecule has 1 aromatic carbocycles. The summed E-state index contributed by atoms with van der Waals surface area (Å²) >= 11 is 3.40. The minimum Gasteiger partial charge on any atom is -0.282 e. The van der Waals surface area contributed by atoms with Crippen molar-refractivity contribution >= 4 is 26.0 Å². The first-order valence-corrected chi connectivity index (χ1v) is 6.45. The Labute approximate surface area is 92.0 Å². The lowest BCUT2D eigenvalue weighted by Crippen LogP contribution is -2.00. The van der Waals surface area contributed by atoms with E-state index in [4.69, 9.17) is 4.55 Å². The molecule has 0 aliphatic heterocycles. The molecule has 0 aliphatic carbocycles. The van der Waals surface area contributed by atoms with Gasteiger partial charge in [0.1, 0.15) is 0 Å². The van der Waals surface area contributed by atoms with Gasteiger partial charge in [0.15, 0.2) is 0 Å². The van der Waals surface area contributed by atoms with E-state index in [2.05, 4.69) is 15.9 Å². The van der Waals surface area contributed by atoms with Crippen LogP contribution >= 0.6 is 15.9 Å². The molecule has 14 heavy (non-hydrogen) atoms. The van der Waals surface area contributed by atoms with Gasteiger partial charge in [-0.15, -0.1) is 0 Å². The predicted octanol–water partition coefficient (Wildman–Crippen LogP) is 2.26. The molecule has 5 heteroatoms. The molecule has 1 rings (SSSR count). The lowest BCUT2D eigenvalue weighted by molar-refractivity contribution is 0.483. The number of alkyl halides is 1. The van der Waals surface area contributed by atoms with Crippen molar-refractivity contribution in [3.63, 3.8) is 0 Å². The predicted molar refractivity (Wildman–Crippen MR) is 58.3 cm³/mol. The van der Waals surface area contributed by atoms with E-state index in [1.165, 1.54) is 12.1 Å². The molecule has 0 aliphatic rings. The molecule has 0 radical (unpaired) electrons. The van der Waals surface area contributed by atoms with E-state index in [9.17, 15) is 8.42 Å². The van der Waals surface area contributed by atoms with E-state index in [1.54, 1.807) is 12.1 Å². The van der Waals surface area contributed by atoms with Crippen LogP contribution in [0.25, 0.3) is 0 Å². The average molecular weight is 279 g/mol. The average Bonchev–Trinajstić information content (AvgIpc) is 2.02. The van der Waals surface area contributed by atoms with Crippen LogP contribution in [0.1, 0.15) is 12.5 Å². The summed E-state index contributed by atoms with van der Waals surface area (Å²) in [5.74, 6) is 0. The number of rotatable bonds is 3. The first-order valence-electron chi connectivity index (χ1n) is 4.10. The van der Waals surface area contributed by atoms with Crippen molar-refractivity contribution in [2.75, 3.05) is 0 Å². The van der Waals surface area contributed by atoms with Gasteiger partial charge in [0.2, 0.25) is 0 Å². The van der Waals surface area contributed by atoms with Gasteiger partial charge in [0.05, 0.1) is 4.90 Å². The molecule has 0 heterocycles. The van der Waals surface area contributed by atoms with Crippen molar-refractivity contribution in [2.24, 2.45) is 0 Å². The van der Waals surface area contributed by atoms with Crippen LogP contribution in [-0.4, -0.2) is 17.8 Å². The first-order chi connectivity index (χ1) is 6.39. The van der Waals surface area contributed by atoms with Crippen molar-refractivity contribution in [1.29, 1.82) is 0 Å². The summed E-state index contributed by atoms with van der Waals surface area (Å²) < 4.78 is 30.2. The SMILES string of the molecule is CC(Br)Cc1ccc(S(=O)(=O)O)cc1. The minimum atomic E-state index is -4.06. The highest BCUT2D eigenvalue weighted by atomic mass is 79.9. The van der Waals surface area contributed by atoms with Crippen LogP contribution in [0.15, 0.2) is 29.2 Å². The Morgan fingerprint density at radius 2 is 1.86 bits per heavy atom. The molecule has 0 saturated carbocycles. The van der Waals surface area contributed by atoms with Gasteiger partial charge in [-0.1, -0.05) is 35.0 Å². The second kappa shape index (κ2) is 4.42. The van der Waals surface area contributed by atoms with Crippen LogP contribution in [0, 0.1) is 0 Å². The number of halogens is 1. The van der Waals surface area contributed by atoms with E-state index >= 15 is 0 Å². The molecule has 0 saturated heterocycles. The first kappa shape index (κ1) is 11.7. The van der Waals surface area contributed by atoms with E-state index in [-0.39, 0.29) is 4.90 Å². The second-order valence-corrected chi connectivity index (χ2v) is 6.09. The molecule has 0 aromatic heterocycles. The largest absolute Gasteiger partial charge is 0.294 e. The van der Waals surface area contributed by atoms with Crippen LogP contribution < -0.4 is 0 Å². The standard InChI is InChI=1S/C9H11BrO3S/c1-7(10)6-8-2-4-9(5-3-8)14(11,12)13/h2-5,7H,6H2,1H3,(H,11,12,13). The van der Waals surface area contributed by atoms with Gasteiger partial charge in [-0.05, 0) is 24.1 Å². The second-order valence-electron chi connectivity index (χ2n) is 3.10. The summed E-state index contributed by atoms with van der Waals surface area (Å²) in [7, 11) is -4.06. The van der Waals surface area contributed by atoms with Crippen molar-refractivity contribution < 1.29 is 13.0 Å². The number of hydrogen-bond acceptors (Lipinski definition) is 2. The molecule has 0 fully saturated rings. The summed E-state index contributed by atoms with van der Waals surface area (Å²) in [6.45, 7) is 2.01. The quantitative estimate of drug-likeness (QED) is 0.682. The highest BCUT2D eigenvalue weighted by Gasteiger charge is 2.08. The molecule has 0 spiro atoms. The summed E-state index contributed by atoms with van der Waals surface area (Å²) in [6, 6.07) is 6.20. The van der Waals surface area contributed by atoms with Gasteiger partial charge >= 0.3 is 0 Å². The molecule has 1 unspecified atom stereocenters. The van der Waals surface area contributed by atoms with Crippen molar-refractivity contribution in [3.8, 4) is 0 Å². The van der Waals surface area contributed by atoms with Crippen molar-refractivity contribution in [1.82, 2.24) is 0 Å². The Bertz CT molecular complexity index is 395. The molecule has 1 N–H and O–H groups in total. The van der Waals surface area contributed by atoms with Gasteiger partial charge in [0, 0.05) is 4.83 Å². The van der Waals surface area contributed by atoms with E-state index in [1.807, 2.05) is 6.92 Å². The van der Waals surface area contributed by atoms with E-state index < -0.39 is 10.1 Å². The fourth-order valence-corrected chi connectivity index (χ4v) is 1.98. The summed E-state index contributed by atoms with van der Waals surface area (Å²) in [5.41, 5.74) is 1.03. The third kappa shape index (κ3) is 3.40. The molecule has 78 valence electrons.